The van der Waals surface area contributed by atoms with Gasteiger partial charge < -0.3 is 9.47 Å². The highest BCUT2D eigenvalue weighted by molar-refractivity contribution is 5.69. The molecular weight excluding hydrogens is 392 g/mol. The molecule has 0 aromatic heterocycles. The Morgan fingerprint density at radius 3 is 1.66 bits per heavy atom. The fourth-order valence-electron chi connectivity index (χ4n) is 3.44. The molecule has 0 aliphatic heterocycles. The van der Waals surface area contributed by atoms with Gasteiger partial charge in [0.15, 0.2) is 0 Å². The van der Waals surface area contributed by atoms with Gasteiger partial charge in [0.2, 0.25) is 0 Å². The predicted molar refractivity (Wildman–Crippen MR) is 131 cm³/mol. The maximum Gasteiger partial charge on any atom is 0.118 e. The number of terminal acetylenes is 1. The summed E-state index contributed by atoms with van der Waals surface area (Å²) in [7, 11) is 3.33. The van der Waals surface area contributed by atoms with Gasteiger partial charge in [-0.05, 0) is 76.9 Å². The first-order chi connectivity index (χ1) is 15.7. The standard InChI is InChI=1S/C30H22O2/c1-4-22-18-24(21-28(19-22)26-12-16-30(32-3)17-13-26)9-8-23-6-5-7-27(20-23)25-10-14-29(31-2)15-11-25/h1,5-7,10-21H,2-3H3. The highest BCUT2D eigenvalue weighted by atomic mass is 16.5. The summed E-state index contributed by atoms with van der Waals surface area (Å²) in [5.74, 6) is 10.9. The van der Waals surface area contributed by atoms with Crippen LogP contribution < -0.4 is 9.47 Å². The van der Waals surface area contributed by atoms with Gasteiger partial charge in [-0.2, -0.15) is 0 Å². The summed E-state index contributed by atoms with van der Waals surface area (Å²) < 4.78 is 10.5. The Morgan fingerprint density at radius 2 is 1.06 bits per heavy atom. The summed E-state index contributed by atoms with van der Waals surface area (Å²) in [5, 5.41) is 0. The molecule has 4 rings (SSSR count). The number of rotatable bonds is 4. The Morgan fingerprint density at radius 1 is 0.531 bits per heavy atom. The topological polar surface area (TPSA) is 18.5 Å². The van der Waals surface area contributed by atoms with E-state index < -0.39 is 0 Å². The monoisotopic (exact) mass is 414 g/mol. The van der Waals surface area contributed by atoms with Crippen molar-refractivity contribution in [3.8, 4) is 57.9 Å². The van der Waals surface area contributed by atoms with Gasteiger partial charge in [0.05, 0.1) is 14.2 Å². The van der Waals surface area contributed by atoms with Crippen molar-refractivity contribution in [2.24, 2.45) is 0 Å². The Balaban J connectivity index is 1.65. The summed E-state index contributed by atoms with van der Waals surface area (Å²) in [4.78, 5) is 0. The molecule has 0 atom stereocenters. The number of hydrogen-bond donors (Lipinski definition) is 0. The smallest absolute Gasteiger partial charge is 0.118 e. The van der Waals surface area contributed by atoms with Crippen molar-refractivity contribution in [3.63, 3.8) is 0 Å². The van der Waals surface area contributed by atoms with Crippen molar-refractivity contribution in [2.45, 2.75) is 0 Å². The van der Waals surface area contributed by atoms with Crippen LogP contribution in [0.4, 0.5) is 0 Å². The molecular formula is C30H22O2. The summed E-state index contributed by atoms with van der Waals surface area (Å²) in [6.45, 7) is 0. The van der Waals surface area contributed by atoms with E-state index in [1.54, 1.807) is 14.2 Å². The van der Waals surface area contributed by atoms with E-state index in [1.807, 2.05) is 72.8 Å². The van der Waals surface area contributed by atoms with Gasteiger partial charge in [0, 0.05) is 16.7 Å². The Labute approximate surface area is 189 Å². The molecule has 4 aromatic carbocycles. The lowest BCUT2D eigenvalue weighted by Crippen LogP contribution is -1.86. The van der Waals surface area contributed by atoms with Crippen LogP contribution in [0.3, 0.4) is 0 Å². The molecule has 2 heteroatoms. The molecule has 4 aromatic rings. The SMILES string of the molecule is C#Cc1cc(C#Cc2cccc(-c3ccc(OC)cc3)c2)cc(-c2ccc(OC)cc2)c1. The molecule has 0 unspecified atom stereocenters. The van der Waals surface area contributed by atoms with Gasteiger partial charge in [-0.3, -0.25) is 0 Å². The predicted octanol–water partition coefficient (Wildman–Crippen LogP) is 6.42. The molecule has 0 aliphatic rings. The Hall–Kier alpha value is -4.40. The van der Waals surface area contributed by atoms with E-state index in [1.165, 1.54) is 0 Å². The molecule has 154 valence electrons. The van der Waals surface area contributed by atoms with Crippen LogP contribution in [-0.4, -0.2) is 14.2 Å². The molecule has 0 fully saturated rings. The maximum absolute atomic E-state index is 5.70. The van der Waals surface area contributed by atoms with E-state index in [-0.39, 0.29) is 0 Å². The molecule has 0 bridgehead atoms. The van der Waals surface area contributed by atoms with E-state index in [2.05, 4.69) is 36.0 Å². The van der Waals surface area contributed by atoms with Crippen molar-refractivity contribution in [1.29, 1.82) is 0 Å². The molecule has 0 heterocycles. The number of methoxy groups -OCH3 is 2. The Kier molecular flexibility index (Phi) is 6.26. The number of ether oxygens (including phenoxy) is 2. The normalized spacial score (nSPS) is 9.91. The van der Waals surface area contributed by atoms with Crippen LogP contribution in [0.5, 0.6) is 11.5 Å². The van der Waals surface area contributed by atoms with Crippen LogP contribution in [-0.2, 0) is 0 Å². The first kappa shape index (κ1) is 20.9. The average Bonchev–Trinajstić information content (AvgIpc) is 2.87. The summed E-state index contributed by atoms with van der Waals surface area (Å²) in [6.07, 6.45) is 5.70. The lowest BCUT2D eigenvalue weighted by molar-refractivity contribution is 0.415. The number of benzene rings is 4. The lowest BCUT2D eigenvalue weighted by atomic mass is 9.99. The van der Waals surface area contributed by atoms with Gasteiger partial charge in [-0.25, -0.2) is 0 Å². The van der Waals surface area contributed by atoms with Gasteiger partial charge in [-0.1, -0.05) is 54.2 Å². The van der Waals surface area contributed by atoms with Crippen molar-refractivity contribution in [2.75, 3.05) is 14.2 Å². The van der Waals surface area contributed by atoms with E-state index in [4.69, 9.17) is 15.9 Å². The molecule has 0 radical (unpaired) electrons. The maximum atomic E-state index is 5.70. The number of hydrogen-bond acceptors (Lipinski definition) is 2. The fraction of sp³-hybridized carbons (Fsp3) is 0.0667. The lowest BCUT2D eigenvalue weighted by Gasteiger charge is -2.06. The van der Waals surface area contributed by atoms with Gasteiger partial charge in [0.25, 0.3) is 0 Å². The minimum Gasteiger partial charge on any atom is -0.497 e. The second-order valence-electron chi connectivity index (χ2n) is 7.23. The highest BCUT2D eigenvalue weighted by Crippen LogP contribution is 2.25. The largest absolute Gasteiger partial charge is 0.497 e. The van der Waals surface area contributed by atoms with Crippen LogP contribution in [0, 0.1) is 24.2 Å². The van der Waals surface area contributed by atoms with E-state index in [0.29, 0.717) is 0 Å². The van der Waals surface area contributed by atoms with Crippen LogP contribution in [0.2, 0.25) is 0 Å². The fourth-order valence-corrected chi connectivity index (χ4v) is 3.44. The molecule has 0 saturated carbocycles. The summed E-state index contributed by atoms with van der Waals surface area (Å²) >= 11 is 0. The van der Waals surface area contributed by atoms with Crippen molar-refractivity contribution >= 4 is 0 Å². The van der Waals surface area contributed by atoms with Crippen molar-refractivity contribution in [3.05, 3.63) is 108 Å². The molecule has 0 aliphatic carbocycles. The van der Waals surface area contributed by atoms with Gasteiger partial charge in [-0.15, -0.1) is 6.42 Å². The third-order valence-corrected chi connectivity index (χ3v) is 5.16. The second kappa shape index (κ2) is 9.61. The highest BCUT2D eigenvalue weighted by Gasteiger charge is 2.03. The Bertz CT molecular complexity index is 1330. The van der Waals surface area contributed by atoms with E-state index in [9.17, 15) is 0 Å². The quantitative estimate of drug-likeness (QED) is 0.359. The average molecular weight is 415 g/mol. The van der Waals surface area contributed by atoms with Crippen molar-refractivity contribution < 1.29 is 9.47 Å². The zero-order chi connectivity index (χ0) is 22.3. The van der Waals surface area contributed by atoms with Crippen LogP contribution in [0.1, 0.15) is 16.7 Å². The zero-order valence-corrected chi connectivity index (χ0v) is 18.1. The second-order valence-corrected chi connectivity index (χ2v) is 7.23. The van der Waals surface area contributed by atoms with Crippen LogP contribution in [0.25, 0.3) is 22.3 Å². The third-order valence-electron chi connectivity index (χ3n) is 5.16. The molecule has 0 saturated heterocycles. The molecule has 0 spiro atoms. The molecule has 0 amide bonds. The first-order valence-electron chi connectivity index (χ1n) is 10.2. The molecule has 2 nitrogen and oxygen atoms in total. The van der Waals surface area contributed by atoms with Gasteiger partial charge in [0.1, 0.15) is 11.5 Å². The van der Waals surface area contributed by atoms with Crippen LogP contribution in [0.15, 0.2) is 91.0 Å². The minimum atomic E-state index is 0.801. The van der Waals surface area contributed by atoms with E-state index in [0.717, 1.165) is 50.4 Å². The van der Waals surface area contributed by atoms with Crippen LogP contribution >= 0.6 is 0 Å². The van der Waals surface area contributed by atoms with Crippen molar-refractivity contribution in [1.82, 2.24) is 0 Å². The molecule has 32 heavy (non-hydrogen) atoms. The third kappa shape index (κ3) is 4.84. The molecule has 0 N–H and O–H groups in total. The van der Waals surface area contributed by atoms with E-state index >= 15 is 0 Å². The van der Waals surface area contributed by atoms with Gasteiger partial charge >= 0.3 is 0 Å². The minimum absolute atomic E-state index is 0.801. The zero-order valence-electron chi connectivity index (χ0n) is 18.1. The summed E-state index contributed by atoms with van der Waals surface area (Å²) in [6, 6.07) is 30.1. The first-order valence-corrected chi connectivity index (χ1v) is 10.2. The summed E-state index contributed by atoms with van der Waals surface area (Å²) in [5.41, 5.74) is 6.93.